The molecule has 0 saturated carbocycles. The first-order chi connectivity index (χ1) is 14.0. The fourth-order valence-electron chi connectivity index (χ4n) is 2.67. The molecule has 6 nitrogen and oxygen atoms in total. The van der Waals surface area contributed by atoms with Gasteiger partial charge >= 0.3 is 0 Å². The van der Waals surface area contributed by atoms with Crippen molar-refractivity contribution >= 4 is 23.8 Å². The lowest BCUT2D eigenvalue weighted by molar-refractivity contribution is 0.284. The molecule has 0 bridgehead atoms. The van der Waals surface area contributed by atoms with Crippen molar-refractivity contribution in [3.63, 3.8) is 0 Å². The van der Waals surface area contributed by atoms with Crippen LogP contribution in [0.2, 0.25) is 5.02 Å². The molecular weight excluding hydrogens is 390 g/mol. The molecule has 0 unspecified atom stereocenters. The summed E-state index contributed by atoms with van der Waals surface area (Å²) >= 11 is 5.90. The fraction of sp³-hybridized carbons (Fsp3) is 0.136. The van der Waals surface area contributed by atoms with Gasteiger partial charge in [0.2, 0.25) is 0 Å². The molecule has 0 saturated heterocycles. The van der Waals surface area contributed by atoms with Gasteiger partial charge in [-0.1, -0.05) is 35.9 Å². The molecule has 1 heterocycles. The second-order valence-corrected chi connectivity index (χ2v) is 6.64. The zero-order valence-corrected chi connectivity index (χ0v) is 16.7. The van der Waals surface area contributed by atoms with Gasteiger partial charge in [0, 0.05) is 5.02 Å². The van der Waals surface area contributed by atoms with E-state index in [0.717, 1.165) is 11.1 Å². The number of H-pyrrole nitrogens is 1. The quantitative estimate of drug-likeness (QED) is 0.655. The number of aromatic nitrogens is 2. The molecule has 0 amide bonds. The van der Waals surface area contributed by atoms with Gasteiger partial charge in [0.1, 0.15) is 18.2 Å². The molecule has 0 radical (unpaired) electrons. The molecule has 0 aliphatic heterocycles. The molecule has 2 aromatic carbocycles. The average molecular weight is 408 g/mol. The van der Waals surface area contributed by atoms with Crippen LogP contribution < -0.4 is 15.0 Å². The Morgan fingerprint density at radius 1 is 1.17 bits per heavy atom. The number of methoxy groups -OCH3 is 1. The summed E-state index contributed by atoms with van der Waals surface area (Å²) < 4.78 is 11.3. The van der Waals surface area contributed by atoms with Crippen molar-refractivity contribution in [2.45, 2.75) is 13.5 Å². The van der Waals surface area contributed by atoms with E-state index < -0.39 is 5.56 Å². The van der Waals surface area contributed by atoms with E-state index in [-0.39, 0.29) is 5.56 Å². The van der Waals surface area contributed by atoms with Gasteiger partial charge in [-0.25, -0.2) is 5.10 Å². The van der Waals surface area contributed by atoms with Gasteiger partial charge in [-0.15, -0.1) is 0 Å². The van der Waals surface area contributed by atoms with Crippen LogP contribution in [0, 0.1) is 18.3 Å². The van der Waals surface area contributed by atoms with Crippen LogP contribution in [0.1, 0.15) is 27.9 Å². The summed E-state index contributed by atoms with van der Waals surface area (Å²) in [6, 6.07) is 14.9. The topological polar surface area (TPSA) is 88.0 Å². The molecule has 0 fully saturated rings. The minimum atomic E-state index is -0.494. The third kappa shape index (κ3) is 4.84. The Morgan fingerprint density at radius 2 is 1.93 bits per heavy atom. The summed E-state index contributed by atoms with van der Waals surface area (Å²) in [7, 11) is 1.57. The molecule has 1 N–H and O–H groups in total. The van der Waals surface area contributed by atoms with Gasteiger partial charge in [-0.05, 0) is 54.0 Å². The predicted octanol–water partition coefficient (Wildman–Crippen LogP) is 4.36. The maximum atomic E-state index is 11.6. The van der Waals surface area contributed by atoms with Crippen molar-refractivity contribution in [2.75, 3.05) is 7.11 Å². The SMILES string of the molecule is COc1cc(/C=C/c2n[nH]c(=O)c(C#N)c2C)ccc1OCc1ccc(Cl)cc1. The Bertz CT molecular complexity index is 1150. The number of aromatic amines is 1. The first kappa shape index (κ1) is 20.2. The largest absolute Gasteiger partial charge is 0.493 e. The second kappa shape index (κ2) is 9.09. The van der Waals surface area contributed by atoms with Crippen LogP contribution in [0.25, 0.3) is 12.2 Å². The summed E-state index contributed by atoms with van der Waals surface area (Å²) in [6.07, 6.45) is 3.55. The van der Waals surface area contributed by atoms with Crippen molar-refractivity contribution in [3.8, 4) is 17.6 Å². The molecular formula is C22H18ClN3O3. The number of nitrogens with zero attached hydrogens (tertiary/aromatic N) is 2. The summed E-state index contributed by atoms with van der Waals surface area (Å²) in [5.41, 5.74) is 2.46. The van der Waals surface area contributed by atoms with Crippen LogP contribution in [0.5, 0.6) is 11.5 Å². The standard InChI is InChI=1S/C22H18ClN3O3/c1-14-18(12-24)22(27)26-25-19(14)9-5-15-6-10-20(21(11-15)28-2)29-13-16-3-7-17(23)8-4-16/h3-11H,13H2,1-2H3,(H,26,27)/b9-5+. The third-order valence-electron chi connectivity index (χ3n) is 4.30. The van der Waals surface area contributed by atoms with E-state index in [4.69, 9.17) is 26.3 Å². The molecule has 146 valence electrons. The number of nitrogens with one attached hydrogen (secondary N) is 1. The van der Waals surface area contributed by atoms with E-state index in [1.807, 2.05) is 54.6 Å². The van der Waals surface area contributed by atoms with Gasteiger partial charge < -0.3 is 9.47 Å². The Kier molecular flexibility index (Phi) is 6.32. The van der Waals surface area contributed by atoms with Crippen LogP contribution in [0.15, 0.2) is 47.3 Å². The van der Waals surface area contributed by atoms with Gasteiger partial charge in [0.05, 0.1) is 12.8 Å². The van der Waals surface area contributed by atoms with E-state index in [2.05, 4.69) is 10.2 Å². The Morgan fingerprint density at radius 3 is 2.62 bits per heavy atom. The molecule has 3 rings (SSSR count). The van der Waals surface area contributed by atoms with Crippen molar-refractivity contribution < 1.29 is 9.47 Å². The molecule has 3 aromatic rings. The number of benzene rings is 2. The zero-order chi connectivity index (χ0) is 20.8. The highest BCUT2D eigenvalue weighted by molar-refractivity contribution is 6.30. The maximum Gasteiger partial charge on any atom is 0.282 e. The first-order valence-corrected chi connectivity index (χ1v) is 9.12. The number of ether oxygens (including phenoxy) is 2. The third-order valence-corrected chi connectivity index (χ3v) is 4.56. The highest BCUT2D eigenvalue weighted by Gasteiger charge is 2.08. The Balaban J connectivity index is 1.78. The van der Waals surface area contributed by atoms with Gasteiger partial charge in [0.15, 0.2) is 11.5 Å². The second-order valence-electron chi connectivity index (χ2n) is 6.21. The van der Waals surface area contributed by atoms with Crippen LogP contribution in [-0.4, -0.2) is 17.3 Å². The number of hydrogen-bond donors (Lipinski definition) is 1. The first-order valence-electron chi connectivity index (χ1n) is 8.74. The summed E-state index contributed by atoms with van der Waals surface area (Å²) in [4.78, 5) is 11.6. The molecule has 0 aliphatic rings. The Hall–Kier alpha value is -3.56. The number of halogens is 1. The molecule has 29 heavy (non-hydrogen) atoms. The number of nitriles is 1. The molecule has 0 atom stereocenters. The Labute approximate surface area is 173 Å². The minimum absolute atomic E-state index is 0.0585. The van der Waals surface area contributed by atoms with Gasteiger partial charge in [-0.2, -0.15) is 10.4 Å². The van der Waals surface area contributed by atoms with E-state index >= 15 is 0 Å². The summed E-state index contributed by atoms with van der Waals surface area (Å²) in [5.74, 6) is 1.20. The van der Waals surface area contributed by atoms with Crippen LogP contribution in [-0.2, 0) is 6.61 Å². The molecule has 0 spiro atoms. The zero-order valence-electron chi connectivity index (χ0n) is 15.9. The van der Waals surface area contributed by atoms with Crippen molar-refractivity contribution in [3.05, 3.63) is 85.8 Å². The van der Waals surface area contributed by atoms with Crippen molar-refractivity contribution in [1.29, 1.82) is 5.26 Å². The monoisotopic (exact) mass is 407 g/mol. The van der Waals surface area contributed by atoms with E-state index in [1.165, 1.54) is 0 Å². The lowest BCUT2D eigenvalue weighted by atomic mass is 10.1. The van der Waals surface area contributed by atoms with E-state index in [0.29, 0.717) is 34.4 Å². The molecule has 1 aromatic heterocycles. The van der Waals surface area contributed by atoms with Crippen LogP contribution >= 0.6 is 11.6 Å². The fourth-order valence-corrected chi connectivity index (χ4v) is 2.80. The van der Waals surface area contributed by atoms with E-state index in [1.54, 1.807) is 20.1 Å². The van der Waals surface area contributed by atoms with E-state index in [9.17, 15) is 4.79 Å². The van der Waals surface area contributed by atoms with Gasteiger partial charge in [-0.3, -0.25) is 4.79 Å². The number of rotatable bonds is 6. The molecule has 7 heteroatoms. The lowest BCUT2D eigenvalue weighted by Gasteiger charge is -2.11. The summed E-state index contributed by atoms with van der Waals surface area (Å²) in [6.45, 7) is 2.08. The molecule has 0 aliphatic carbocycles. The average Bonchev–Trinajstić information content (AvgIpc) is 2.73. The smallest absolute Gasteiger partial charge is 0.282 e. The van der Waals surface area contributed by atoms with Crippen molar-refractivity contribution in [2.24, 2.45) is 0 Å². The highest BCUT2D eigenvalue weighted by atomic mass is 35.5. The van der Waals surface area contributed by atoms with Crippen LogP contribution in [0.3, 0.4) is 0 Å². The lowest BCUT2D eigenvalue weighted by Crippen LogP contribution is -2.15. The minimum Gasteiger partial charge on any atom is -0.493 e. The normalized spacial score (nSPS) is 10.7. The van der Waals surface area contributed by atoms with Crippen molar-refractivity contribution in [1.82, 2.24) is 10.2 Å². The van der Waals surface area contributed by atoms with Gasteiger partial charge in [0.25, 0.3) is 5.56 Å². The highest BCUT2D eigenvalue weighted by Crippen LogP contribution is 2.29. The maximum absolute atomic E-state index is 11.6. The predicted molar refractivity (Wildman–Crippen MR) is 112 cm³/mol. The van der Waals surface area contributed by atoms with Crippen LogP contribution in [0.4, 0.5) is 0 Å². The summed E-state index contributed by atoms with van der Waals surface area (Å²) in [5, 5.41) is 16.1. The number of hydrogen-bond acceptors (Lipinski definition) is 5.